The molecule has 0 heterocycles. The Morgan fingerprint density at radius 2 is 1.79 bits per heavy atom. The lowest BCUT2D eigenvalue weighted by Gasteiger charge is -2.38. The van der Waals surface area contributed by atoms with Gasteiger partial charge in [-0.15, -0.1) is 0 Å². The Labute approximate surface area is 89.3 Å². The summed E-state index contributed by atoms with van der Waals surface area (Å²) in [5, 5.41) is 10.1. The van der Waals surface area contributed by atoms with Crippen molar-refractivity contribution in [2.75, 3.05) is 14.1 Å². The van der Waals surface area contributed by atoms with Gasteiger partial charge in [0.15, 0.2) is 0 Å². The molecule has 2 heteroatoms. The summed E-state index contributed by atoms with van der Waals surface area (Å²) in [5.74, 6) is 0.620. The van der Waals surface area contributed by atoms with Gasteiger partial charge in [-0.2, -0.15) is 0 Å². The topological polar surface area (TPSA) is 23.5 Å². The second kappa shape index (κ2) is 5.72. The molecule has 0 bridgehead atoms. The Kier molecular flexibility index (Phi) is 5.68. The van der Waals surface area contributed by atoms with Gasteiger partial charge in [0.1, 0.15) is 0 Å². The van der Waals surface area contributed by atoms with Gasteiger partial charge in [0, 0.05) is 5.54 Å². The molecule has 0 fully saturated rings. The van der Waals surface area contributed by atoms with Crippen LogP contribution in [-0.4, -0.2) is 35.7 Å². The van der Waals surface area contributed by atoms with Gasteiger partial charge >= 0.3 is 0 Å². The van der Waals surface area contributed by atoms with E-state index in [1.54, 1.807) is 0 Å². The van der Waals surface area contributed by atoms with Crippen LogP contribution in [0.4, 0.5) is 0 Å². The first-order valence-corrected chi connectivity index (χ1v) is 5.67. The highest BCUT2D eigenvalue weighted by molar-refractivity contribution is 4.86. The van der Waals surface area contributed by atoms with Crippen LogP contribution in [0.2, 0.25) is 0 Å². The van der Waals surface area contributed by atoms with Crippen LogP contribution in [0.25, 0.3) is 0 Å². The van der Waals surface area contributed by atoms with E-state index in [1.165, 1.54) is 12.8 Å². The van der Waals surface area contributed by atoms with Crippen molar-refractivity contribution >= 4 is 0 Å². The lowest BCUT2D eigenvalue weighted by atomic mass is 9.87. The second-order valence-electron chi connectivity index (χ2n) is 5.19. The van der Waals surface area contributed by atoms with Crippen LogP contribution in [0.5, 0.6) is 0 Å². The van der Waals surface area contributed by atoms with E-state index in [-0.39, 0.29) is 11.6 Å². The average Bonchev–Trinajstić information content (AvgIpc) is 2.03. The van der Waals surface area contributed by atoms with E-state index in [1.807, 2.05) is 14.1 Å². The van der Waals surface area contributed by atoms with Gasteiger partial charge in [0.05, 0.1) is 6.10 Å². The first kappa shape index (κ1) is 13.9. The Bertz CT molecular complexity index is 154. The predicted octanol–water partition coefficient (Wildman–Crippen LogP) is 2.51. The first-order chi connectivity index (χ1) is 6.32. The SMILES string of the molecule is CCCC(C)CC(O)C(C)(C)N(C)C. The van der Waals surface area contributed by atoms with Gasteiger partial charge in [-0.3, -0.25) is 0 Å². The molecule has 0 spiro atoms. The number of hydrogen-bond donors (Lipinski definition) is 1. The average molecular weight is 201 g/mol. The molecule has 2 nitrogen and oxygen atoms in total. The number of rotatable bonds is 6. The molecule has 0 aliphatic heterocycles. The Morgan fingerprint density at radius 1 is 1.29 bits per heavy atom. The van der Waals surface area contributed by atoms with E-state index in [0.29, 0.717) is 5.92 Å². The fourth-order valence-corrected chi connectivity index (χ4v) is 1.58. The summed E-state index contributed by atoms with van der Waals surface area (Å²) in [6, 6.07) is 0. The lowest BCUT2D eigenvalue weighted by Crippen LogP contribution is -2.49. The number of likely N-dealkylation sites (N-methyl/N-ethyl adjacent to an activating group) is 1. The monoisotopic (exact) mass is 201 g/mol. The van der Waals surface area contributed by atoms with Crippen molar-refractivity contribution in [1.29, 1.82) is 0 Å². The maximum atomic E-state index is 10.1. The highest BCUT2D eigenvalue weighted by Gasteiger charge is 2.30. The number of aliphatic hydroxyl groups is 1. The molecule has 0 saturated heterocycles. The van der Waals surface area contributed by atoms with Crippen molar-refractivity contribution < 1.29 is 5.11 Å². The molecule has 14 heavy (non-hydrogen) atoms. The fraction of sp³-hybridized carbons (Fsp3) is 1.00. The molecule has 0 aromatic carbocycles. The molecule has 2 unspecified atom stereocenters. The fourth-order valence-electron chi connectivity index (χ4n) is 1.58. The van der Waals surface area contributed by atoms with Crippen LogP contribution < -0.4 is 0 Å². The summed E-state index contributed by atoms with van der Waals surface area (Å²) >= 11 is 0. The summed E-state index contributed by atoms with van der Waals surface area (Å²) in [4.78, 5) is 2.09. The van der Waals surface area contributed by atoms with Crippen molar-refractivity contribution in [2.45, 2.75) is 58.6 Å². The molecule has 0 amide bonds. The zero-order valence-electron chi connectivity index (χ0n) is 10.7. The largest absolute Gasteiger partial charge is 0.391 e. The number of aliphatic hydroxyl groups excluding tert-OH is 1. The van der Waals surface area contributed by atoms with E-state index in [2.05, 4.69) is 32.6 Å². The van der Waals surface area contributed by atoms with E-state index >= 15 is 0 Å². The van der Waals surface area contributed by atoms with Gasteiger partial charge in [-0.25, -0.2) is 0 Å². The molecule has 86 valence electrons. The second-order valence-corrected chi connectivity index (χ2v) is 5.19. The van der Waals surface area contributed by atoms with Crippen LogP contribution in [0, 0.1) is 5.92 Å². The van der Waals surface area contributed by atoms with Gasteiger partial charge in [0.2, 0.25) is 0 Å². The molecule has 0 rings (SSSR count). The Hall–Kier alpha value is -0.0800. The quantitative estimate of drug-likeness (QED) is 0.714. The predicted molar refractivity (Wildman–Crippen MR) is 62.5 cm³/mol. The highest BCUT2D eigenvalue weighted by atomic mass is 16.3. The Balaban J connectivity index is 4.12. The molecule has 0 saturated carbocycles. The summed E-state index contributed by atoms with van der Waals surface area (Å²) in [6.07, 6.45) is 3.08. The van der Waals surface area contributed by atoms with Crippen LogP contribution in [-0.2, 0) is 0 Å². The van der Waals surface area contributed by atoms with Crippen LogP contribution in [0.1, 0.15) is 47.0 Å². The molecule has 1 N–H and O–H groups in total. The molecule has 0 aliphatic rings. The molecule has 0 aliphatic carbocycles. The minimum atomic E-state index is -0.237. The van der Waals surface area contributed by atoms with Gasteiger partial charge < -0.3 is 10.0 Å². The third-order valence-corrected chi connectivity index (χ3v) is 3.38. The third kappa shape index (κ3) is 3.97. The standard InChI is InChI=1S/C12H27NO/c1-7-8-10(2)9-11(14)12(3,4)13(5)6/h10-11,14H,7-9H2,1-6H3. The summed E-state index contributed by atoms with van der Waals surface area (Å²) in [7, 11) is 4.04. The Morgan fingerprint density at radius 3 is 2.14 bits per heavy atom. The maximum absolute atomic E-state index is 10.1. The molecule has 0 aromatic rings. The van der Waals surface area contributed by atoms with Crippen molar-refractivity contribution in [3.63, 3.8) is 0 Å². The summed E-state index contributed by atoms with van der Waals surface area (Å²) < 4.78 is 0. The molecular weight excluding hydrogens is 174 g/mol. The van der Waals surface area contributed by atoms with Gasteiger partial charge in [0.25, 0.3) is 0 Å². The van der Waals surface area contributed by atoms with Crippen molar-refractivity contribution in [2.24, 2.45) is 5.92 Å². The summed E-state index contributed by atoms with van der Waals surface area (Å²) in [5.41, 5.74) is -0.123. The third-order valence-electron chi connectivity index (χ3n) is 3.38. The molecule has 2 atom stereocenters. The number of hydrogen-bond acceptors (Lipinski definition) is 2. The summed E-state index contributed by atoms with van der Waals surface area (Å²) in [6.45, 7) is 8.60. The minimum absolute atomic E-state index is 0.123. The maximum Gasteiger partial charge on any atom is 0.0720 e. The zero-order valence-corrected chi connectivity index (χ0v) is 10.7. The molecular formula is C12H27NO. The zero-order chi connectivity index (χ0) is 11.4. The van der Waals surface area contributed by atoms with Crippen molar-refractivity contribution in [1.82, 2.24) is 4.90 Å². The van der Waals surface area contributed by atoms with Crippen molar-refractivity contribution in [3.05, 3.63) is 0 Å². The van der Waals surface area contributed by atoms with E-state index in [4.69, 9.17) is 0 Å². The van der Waals surface area contributed by atoms with Gasteiger partial charge in [-0.1, -0.05) is 26.7 Å². The van der Waals surface area contributed by atoms with Gasteiger partial charge in [-0.05, 0) is 40.3 Å². The van der Waals surface area contributed by atoms with Crippen molar-refractivity contribution in [3.8, 4) is 0 Å². The molecule has 0 aromatic heterocycles. The van der Waals surface area contributed by atoms with Crippen LogP contribution >= 0.6 is 0 Å². The lowest BCUT2D eigenvalue weighted by molar-refractivity contribution is 0.00297. The minimum Gasteiger partial charge on any atom is -0.391 e. The number of nitrogens with zero attached hydrogens (tertiary/aromatic N) is 1. The van der Waals surface area contributed by atoms with E-state index < -0.39 is 0 Å². The first-order valence-electron chi connectivity index (χ1n) is 5.67. The van der Waals surface area contributed by atoms with E-state index in [9.17, 15) is 5.11 Å². The van der Waals surface area contributed by atoms with E-state index in [0.717, 1.165) is 6.42 Å². The van der Waals surface area contributed by atoms with Crippen LogP contribution in [0.3, 0.4) is 0 Å². The van der Waals surface area contributed by atoms with Crippen LogP contribution in [0.15, 0.2) is 0 Å². The molecule has 0 radical (unpaired) electrons. The highest BCUT2D eigenvalue weighted by Crippen LogP contribution is 2.23. The normalized spacial score (nSPS) is 17.1. The smallest absolute Gasteiger partial charge is 0.0720 e.